The molecule has 0 aromatic heterocycles. The molecule has 1 amide bonds. The predicted octanol–water partition coefficient (Wildman–Crippen LogP) is 1.17. The Morgan fingerprint density at radius 2 is 2.11 bits per heavy atom. The van der Waals surface area contributed by atoms with Gasteiger partial charge in [0.2, 0.25) is 5.91 Å². The number of benzene rings is 1. The van der Waals surface area contributed by atoms with Crippen LogP contribution in [0, 0.1) is 0 Å². The zero-order chi connectivity index (χ0) is 13.5. The van der Waals surface area contributed by atoms with Crippen molar-refractivity contribution in [2.45, 2.75) is 25.3 Å². The molecule has 5 nitrogen and oxygen atoms in total. The van der Waals surface area contributed by atoms with E-state index < -0.39 is 9.84 Å². The normalized spacial score (nSPS) is 24.6. The van der Waals surface area contributed by atoms with Crippen LogP contribution in [0.4, 0.5) is 11.4 Å². The third kappa shape index (κ3) is 2.73. The quantitative estimate of drug-likeness (QED) is 0.852. The molecular weight excluding hydrogens is 264 g/mol. The first-order valence-electron chi connectivity index (χ1n) is 6.42. The number of amides is 1. The molecule has 6 heteroatoms. The van der Waals surface area contributed by atoms with Crippen molar-refractivity contribution in [3.63, 3.8) is 0 Å². The van der Waals surface area contributed by atoms with Crippen LogP contribution in [0.15, 0.2) is 18.2 Å². The summed E-state index contributed by atoms with van der Waals surface area (Å²) < 4.78 is 22.8. The minimum Gasteiger partial charge on any atom is -0.381 e. The third-order valence-electron chi connectivity index (χ3n) is 3.60. The van der Waals surface area contributed by atoms with Crippen molar-refractivity contribution >= 4 is 27.1 Å². The highest BCUT2D eigenvalue weighted by atomic mass is 32.2. The first-order chi connectivity index (χ1) is 9.02. The molecule has 2 N–H and O–H groups in total. The lowest BCUT2D eigenvalue weighted by Gasteiger charge is -2.19. The van der Waals surface area contributed by atoms with Gasteiger partial charge >= 0.3 is 0 Å². The number of fused-ring (bicyclic) bond motifs is 1. The topological polar surface area (TPSA) is 75.3 Å². The van der Waals surface area contributed by atoms with Crippen LogP contribution in [-0.2, 0) is 21.1 Å². The van der Waals surface area contributed by atoms with Gasteiger partial charge in [0.05, 0.1) is 11.5 Å². The smallest absolute Gasteiger partial charge is 0.224 e. The third-order valence-corrected chi connectivity index (χ3v) is 5.37. The maximum atomic E-state index is 11.4. The first kappa shape index (κ1) is 12.5. The SMILES string of the molecule is O=C1CCc2cc(NC3CCS(=O)(=O)C3)ccc2N1. The Morgan fingerprint density at radius 3 is 2.84 bits per heavy atom. The summed E-state index contributed by atoms with van der Waals surface area (Å²) in [4.78, 5) is 11.3. The molecule has 0 radical (unpaired) electrons. The summed E-state index contributed by atoms with van der Waals surface area (Å²) in [6, 6.07) is 5.76. The van der Waals surface area contributed by atoms with Crippen LogP contribution in [0.5, 0.6) is 0 Å². The van der Waals surface area contributed by atoms with E-state index in [0.717, 1.165) is 23.4 Å². The lowest BCUT2D eigenvalue weighted by Crippen LogP contribution is -2.22. The van der Waals surface area contributed by atoms with Gasteiger partial charge in [0.25, 0.3) is 0 Å². The van der Waals surface area contributed by atoms with Crippen molar-refractivity contribution in [1.29, 1.82) is 0 Å². The molecule has 1 saturated heterocycles. The van der Waals surface area contributed by atoms with Crippen molar-refractivity contribution in [3.05, 3.63) is 23.8 Å². The average Bonchev–Trinajstić information content (AvgIpc) is 2.69. The monoisotopic (exact) mass is 280 g/mol. The van der Waals surface area contributed by atoms with Gasteiger partial charge in [-0.2, -0.15) is 0 Å². The van der Waals surface area contributed by atoms with Gasteiger partial charge in [-0.25, -0.2) is 8.42 Å². The lowest BCUT2D eigenvalue weighted by atomic mass is 10.0. The highest BCUT2D eigenvalue weighted by Gasteiger charge is 2.27. The van der Waals surface area contributed by atoms with E-state index in [-0.39, 0.29) is 23.5 Å². The fourth-order valence-corrected chi connectivity index (χ4v) is 4.29. The molecule has 1 aromatic carbocycles. The molecule has 102 valence electrons. The van der Waals surface area contributed by atoms with Crippen LogP contribution in [-0.4, -0.2) is 31.9 Å². The Hall–Kier alpha value is -1.56. The van der Waals surface area contributed by atoms with E-state index in [0.29, 0.717) is 12.8 Å². The van der Waals surface area contributed by atoms with Crippen molar-refractivity contribution in [3.8, 4) is 0 Å². The van der Waals surface area contributed by atoms with Gasteiger partial charge in [0.1, 0.15) is 0 Å². The molecule has 0 aliphatic carbocycles. The van der Waals surface area contributed by atoms with Gasteiger partial charge in [-0.15, -0.1) is 0 Å². The first-order valence-corrected chi connectivity index (χ1v) is 8.24. The van der Waals surface area contributed by atoms with E-state index in [1.165, 1.54) is 0 Å². The van der Waals surface area contributed by atoms with Gasteiger partial charge in [0.15, 0.2) is 9.84 Å². The summed E-state index contributed by atoms with van der Waals surface area (Å²) in [5.74, 6) is 0.530. The van der Waals surface area contributed by atoms with E-state index in [1.54, 1.807) is 0 Å². The minimum absolute atomic E-state index is 0.00114. The van der Waals surface area contributed by atoms with E-state index in [2.05, 4.69) is 10.6 Å². The lowest BCUT2D eigenvalue weighted by molar-refractivity contribution is -0.116. The molecule has 1 unspecified atom stereocenters. The minimum atomic E-state index is -2.86. The van der Waals surface area contributed by atoms with Gasteiger partial charge < -0.3 is 10.6 Å². The molecule has 2 heterocycles. The maximum Gasteiger partial charge on any atom is 0.224 e. The van der Waals surface area contributed by atoms with E-state index in [9.17, 15) is 13.2 Å². The number of nitrogens with one attached hydrogen (secondary N) is 2. The summed E-state index contributed by atoms with van der Waals surface area (Å²) in [7, 11) is -2.86. The second kappa shape index (κ2) is 4.52. The zero-order valence-electron chi connectivity index (χ0n) is 10.5. The predicted molar refractivity (Wildman–Crippen MR) is 74.1 cm³/mol. The highest BCUT2D eigenvalue weighted by molar-refractivity contribution is 7.91. The van der Waals surface area contributed by atoms with E-state index in [1.807, 2.05) is 18.2 Å². The van der Waals surface area contributed by atoms with Crippen LogP contribution in [0.1, 0.15) is 18.4 Å². The van der Waals surface area contributed by atoms with Crippen molar-refractivity contribution in [2.24, 2.45) is 0 Å². The number of carbonyl (C=O) groups excluding carboxylic acids is 1. The molecule has 2 aliphatic rings. The number of hydrogen-bond donors (Lipinski definition) is 2. The molecular formula is C13H16N2O3S. The number of rotatable bonds is 2. The van der Waals surface area contributed by atoms with Crippen LogP contribution < -0.4 is 10.6 Å². The number of carbonyl (C=O) groups is 1. The second-order valence-electron chi connectivity index (χ2n) is 5.16. The van der Waals surface area contributed by atoms with Crippen LogP contribution in [0.2, 0.25) is 0 Å². The van der Waals surface area contributed by atoms with Gasteiger partial charge in [-0.05, 0) is 36.6 Å². The number of hydrogen-bond acceptors (Lipinski definition) is 4. The van der Waals surface area contributed by atoms with Gasteiger partial charge in [-0.3, -0.25) is 4.79 Å². The molecule has 0 spiro atoms. The van der Waals surface area contributed by atoms with Crippen LogP contribution >= 0.6 is 0 Å². The molecule has 3 rings (SSSR count). The van der Waals surface area contributed by atoms with E-state index >= 15 is 0 Å². The van der Waals surface area contributed by atoms with Gasteiger partial charge in [-0.1, -0.05) is 0 Å². The van der Waals surface area contributed by atoms with Crippen LogP contribution in [0.3, 0.4) is 0 Å². The number of anilines is 2. The fourth-order valence-electron chi connectivity index (χ4n) is 2.62. The summed E-state index contributed by atoms with van der Waals surface area (Å²) in [5.41, 5.74) is 2.89. The summed E-state index contributed by atoms with van der Waals surface area (Å²) in [5, 5.41) is 6.10. The number of aryl methyl sites for hydroxylation is 1. The molecule has 1 aromatic rings. The Bertz CT molecular complexity index is 625. The second-order valence-corrected chi connectivity index (χ2v) is 7.39. The van der Waals surface area contributed by atoms with Crippen LogP contribution in [0.25, 0.3) is 0 Å². The van der Waals surface area contributed by atoms with Crippen molar-refractivity contribution in [1.82, 2.24) is 0 Å². The molecule has 0 saturated carbocycles. The fraction of sp³-hybridized carbons (Fsp3) is 0.462. The average molecular weight is 280 g/mol. The zero-order valence-corrected chi connectivity index (χ0v) is 11.3. The summed E-state index contributed by atoms with van der Waals surface area (Å²) >= 11 is 0. The highest BCUT2D eigenvalue weighted by Crippen LogP contribution is 2.27. The summed E-state index contributed by atoms with van der Waals surface area (Å²) in [6.07, 6.45) is 1.91. The standard InChI is InChI=1S/C13H16N2O3S/c16-13-4-1-9-7-10(2-3-12(9)15-13)14-11-5-6-19(17,18)8-11/h2-3,7,11,14H,1,4-6,8H2,(H,15,16). The molecule has 1 atom stereocenters. The van der Waals surface area contributed by atoms with E-state index in [4.69, 9.17) is 0 Å². The molecule has 2 aliphatic heterocycles. The Labute approximate surface area is 112 Å². The maximum absolute atomic E-state index is 11.4. The summed E-state index contributed by atoms with van der Waals surface area (Å²) in [6.45, 7) is 0. The molecule has 19 heavy (non-hydrogen) atoms. The molecule has 0 bridgehead atoms. The van der Waals surface area contributed by atoms with Crippen molar-refractivity contribution < 1.29 is 13.2 Å². The Morgan fingerprint density at radius 1 is 1.26 bits per heavy atom. The molecule has 1 fully saturated rings. The van der Waals surface area contributed by atoms with Gasteiger partial charge in [0, 0.05) is 23.8 Å². The Balaban J connectivity index is 1.74. The largest absolute Gasteiger partial charge is 0.381 e. The Kier molecular flexibility index (Phi) is 2.97. The van der Waals surface area contributed by atoms with Crippen molar-refractivity contribution in [2.75, 3.05) is 22.1 Å². The number of sulfone groups is 1.